The van der Waals surface area contributed by atoms with Crippen molar-refractivity contribution in [3.8, 4) is 0 Å². The quantitative estimate of drug-likeness (QED) is 0.524. The van der Waals surface area contributed by atoms with E-state index >= 15 is 0 Å². The average Bonchev–Trinajstić information content (AvgIpc) is 2.78. The van der Waals surface area contributed by atoms with Gasteiger partial charge in [-0.05, 0) is 36.6 Å². The monoisotopic (exact) mass is 463 g/mol. The topological polar surface area (TPSA) is 55.8 Å². The number of hydrogen-bond donors (Lipinski definition) is 0. The molecule has 1 amide bonds. The fraction of sp³-hybridized carbons (Fsp3) is 0.417. The normalized spacial score (nSPS) is 19.0. The third kappa shape index (κ3) is 5.59. The summed E-state index contributed by atoms with van der Waals surface area (Å²) in [6, 6.07) is 12.7. The molecule has 166 valence electrons. The molecule has 1 aliphatic rings. The third-order valence-electron chi connectivity index (χ3n) is 4.88. The second-order valence-electron chi connectivity index (χ2n) is 8.72. The van der Waals surface area contributed by atoms with Gasteiger partial charge in [0.1, 0.15) is 12.2 Å². The Morgan fingerprint density at radius 1 is 1.13 bits per heavy atom. The highest BCUT2D eigenvalue weighted by Crippen LogP contribution is 2.42. The molecule has 0 radical (unpaired) electrons. The molecule has 0 saturated carbocycles. The van der Waals surface area contributed by atoms with Crippen LogP contribution in [0.2, 0.25) is 10.0 Å². The van der Waals surface area contributed by atoms with Crippen LogP contribution in [0.3, 0.4) is 0 Å². The number of esters is 1. The van der Waals surface area contributed by atoms with Gasteiger partial charge in [0.15, 0.2) is 0 Å². The Morgan fingerprint density at radius 3 is 2.48 bits per heavy atom. The van der Waals surface area contributed by atoms with Crippen LogP contribution in [-0.2, 0) is 19.1 Å². The smallest absolute Gasteiger partial charge is 0.308 e. The Morgan fingerprint density at radius 2 is 1.84 bits per heavy atom. The predicted octanol–water partition coefficient (Wildman–Crippen LogP) is 5.81. The van der Waals surface area contributed by atoms with Crippen LogP contribution < -0.4 is 4.90 Å². The molecule has 0 spiro atoms. The summed E-state index contributed by atoms with van der Waals surface area (Å²) in [5.74, 6) is -0.778. The number of carbonyl (C=O) groups excluding carboxylic acids is 2. The van der Waals surface area contributed by atoms with Crippen molar-refractivity contribution in [1.29, 1.82) is 0 Å². The van der Waals surface area contributed by atoms with Gasteiger partial charge in [-0.15, -0.1) is 0 Å². The summed E-state index contributed by atoms with van der Waals surface area (Å²) in [6.45, 7) is 8.55. The van der Waals surface area contributed by atoms with E-state index in [4.69, 9.17) is 32.7 Å². The zero-order valence-electron chi connectivity index (χ0n) is 18.2. The molecule has 0 saturated heterocycles. The van der Waals surface area contributed by atoms with Crippen LogP contribution in [0.4, 0.5) is 5.69 Å². The van der Waals surface area contributed by atoms with Gasteiger partial charge < -0.3 is 14.4 Å². The molecular weight excluding hydrogens is 437 g/mol. The maximum absolute atomic E-state index is 13.6. The van der Waals surface area contributed by atoms with Gasteiger partial charge >= 0.3 is 5.97 Å². The van der Waals surface area contributed by atoms with E-state index in [0.29, 0.717) is 27.8 Å². The van der Waals surface area contributed by atoms with Crippen molar-refractivity contribution in [3.05, 3.63) is 63.6 Å². The summed E-state index contributed by atoms with van der Waals surface area (Å²) in [5, 5.41) is 1.02. The molecule has 7 heteroatoms. The van der Waals surface area contributed by atoms with Crippen molar-refractivity contribution in [2.45, 2.75) is 46.3 Å². The fourth-order valence-corrected chi connectivity index (χ4v) is 4.06. The molecule has 0 aliphatic carbocycles. The minimum absolute atomic E-state index is 0.185. The van der Waals surface area contributed by atoms with Crippen LogP contribution in [0.15, 0.2) is 42.5 Å². The molecule has 3 rings (SSSR count). The minimum Gasteiger partial charge on any atom is -0.466 e. The number of nitrogens with zero attached hydrogens (tertiary/aromatic N) is 1. The number of amides is 1. The largest absolute Gasteiger partial charge is 0.466 e. The first-order chi connectivity index (χ1) is 14.6. The second kappa shape index (κ2) is 9.60. The maximum Gasteiger partial charge on any atom is 0.308 e. The Labute approximate surface area is 193 Å². The summed E-state index contributed by atoms with van der Waals surface area (Å²) in [5.41, 5.74) is 1.93. The van der Waals surface area contributed by atoms with Crippen molar-refractivity contribution < 1.29 is 19.1 Å². The van der Waals surface area contributed by atoms with Crippen LogP contribution in [0.5, 0.6) is 0 Å². The number of benzene rings is 2. The maximum atomic E-state index is 13.6. The van der Waals surface area contributed by atoms with E-state index in [1.807, 2.05) is 45.0 Å². The highest BCUT2D eigenvalue weighted by Gasteiger charge is 2.39. The van der Waals surface area contributed by atoms with Gasteiger partial charge in [0.25, 0.3) is 5.91 Å². The molecule has 1 heterocycles. The molecule has 2 aromatic carbocycles. The van der Waals surface area contributed by atoms with Crippen LogP contribution in [-0.4, -0.2) is 31.1 Å². The van der Waals surface area contributed by atoms with Crippen LogP contribution in [0, 0.1) is 5.41 Å². The Hall–Kier alpha value is -2.08. The molecule has 0 aromatic heterocycles. The van der Waals surface area contributed by atoms with Gasteiger partial charge in [-0.1, -0.05) is 62.2 Å². The lowest BCUT2D eigenvalue weighted by molar-refractivity contribution is -0.151. The van der Waals surface area contributed by atoms with Crippen molar-refractivity contribution >= 4 is 40.8 Å². The van der Waals surface area contributed by atoms with E-state index in [1.54, 1.807) is 30.0 Å². The highest BCUT2D eigenvalue weighted by molar-refractivity contribution is 6.31. The summed E-state index contributed by atoms with van der Waals surface area (Å²) in [6.07, 6.45) is -1.87. The van der Waals surface area contributed by atoms with E-state index < -0.39 is 18.2 Å². The van der Waals surface area contributed by atoms with E-state index in [0.717, 1.165) is 5.56 Å². The van der Waals surface area contributed by atoms with Gasteiger partial charge in [0.2, 0.25) is 0 Å². The van der Waals surface area contributed by atoms with Gasteiger partial charge in [-0.3, -0.25) is 9.59 Å². The van der Waals surface area contributed by atoms with Gasteiger partial charge in [0, 0.05) is 33.4 Å². The number of rotatable bonds is 5. The Kier molecular flexibility index (Phi) is 7.30. The highest BCUT2D eigenvalue weighted by atomic mass is 35.5. The molecule has 5 nitrogen and oxygen atoms in total. The van der Waals surface area contributed by atoms with Crippen molar-refractivity contribution in [1.82, 2.24) is 0 Å². The molecule has 0 N–H and O–H groups in total. The lowest BCUT2D eigenvalue weighted by Gasteiger charge is -2.31. The predicted molar refractivity (Wildman–Crippen MR) is 123 cm³/mol. The molecule has 2 atom stereocenters. The first-order valence-electron chi connectivity index (χ1n) is 10.3. The van der Waals surface area contributed by atoms with E-state index in [-0.39, 0.29) is 24.3 Å². The lowest BCUT2D eigenvalue weighted by Crippen LogP contribution is -2.44. The number of halogens is 2. The van der Waals surface area contributed by atoms with Crippen LogP contribution >= 0.6 is 23.2 Å². The SMILES string of the molecule is CCOC(=O)C[C@@H]1O[C@@H](c2ccccc2Cl)c2cc(Cl)ccc2N(CC(C)(C)C)C1=O. The summed E-state index contributed by atoms with van der Waals surface area (Å²) in [4.78, 5) is 27.6. The summed E-state index contributed by atoms with van der Waals surface area (Å²) < 4.78 is 11.4. The number of hydrogen-bond acceptors (Lipinski definition) is 4. The summed E-state index contributed by atoms with van der Waals surface area (Å²) in [7, 11) is 0. The van der Waals surface area contributed by atoms with Gasteiger partial charge in [0.05, 0.1) is 13.0 Å². The van der Waals surface area contributed by atoms with Crippen molar-refractivity contribution in [2.75, 3.05) is 18.1 Å². The molecule has 0 bridgehead atoms. The van der Waals surface area contributed by atoms with Crippen molar-refractivity contribution in [2.24, 2.45) is 5.41 Å². The van der Waals surface area contributed by atoms with E-state index in [9.17, 15) is 9.59 Å². The molecule has 2 aromatic rings. The lowest BCUT2D eigenvalue weighted by atomic mass is 9.94. The Bertz CT molecular complexity index is 970. The zero-order chi connectivity index (χ0) is 22.8. The van der Waals surface area contributed by atoms with Crippen LogP contribution in [0.25, 0.3) is 0 Å². The standard InChI is InChI=1S/C24H27Cl2NO4/c1-5-30-21(28)13-20-23(29)27(14-24(2,3)4)19-11-10-15(25)12-17(19)22(31-20)16-8-6-7-9-18(16)26/h6-12,20,22H,5,13-14H2,1-4H3/t20-,22-/m0/s1. The fourth-order valence-electron chi connectivity index (χ4n) is 3.64. The first kappa shape index (κ1) is 23.6. The van der Waals surface area contributed by atoms with Crippen LogP contribution in [0.1, 0.15) is 51.3 Å². The van der Waals surface area contributed by atoms with E-state index in [2.05, 4.69) is 0 Å². The number of anilines is 1. The summed E-state index contributed by atoms with van der Waals surface area (Å²) >= 11 is 12.8. The number of carbonyl (C=O) groups is 2. The molecule has 0 unspecified atom stereocenters. The van der Waals surface area contributed by atoms with Gasteiger partial charge in [-0.2, -0.15) is 0 Å². The first-order valence-corrected chi connectivity index (χ1v) is 11.0. The molecular formula is C24H27Cl2NO4. The average molecular weight is 464 g/mol. The zero-order valence-corrected chi connectivity index (χ0v) is 19.7. The third-order valence-corrected chi connectivity index (χ3v) is 5.46. The second-order valence-corrected chi connectivity index (χ2v) is 9.57. The van der Waals surface area contributed by atoms with Crippen molar-refractivity contribution in [3.63, 3.8) is 0 Å². The molecule has 1 aliphatic heterocycles. The Balaban J connectivity index is 2.17. The number of ether oxygens (including phenoxy) is 2. The number of fused-ring (bicyclic) bond motifs is 1. The minimum atomic E-state index is -1.02. The molecule has 31 heavy (non-hydrogen) atoms. The molecule has 0 fully saturated rings. The van der Waals surface area contributed by atoms with E-state index in [1.165, 1.54) is 0 Å². The van der Waals surface area contributed by atoms with Gasteiger partial charge in [-0.25, -0.2) is 0 Å².